The van der Waals surface area contributed by atoms with Gasteiger partial charge in [-0.1, -0.05) is 11.3 Å². The van der Waals surface area contributed by atoms with Crippen LogP contribution < -0.4 is 15.1 Å². The number of aromatic nitrogens is 2. The highest BCUT2D eigenvalue weighted by atomic mass is 32.1. The molecule has 34 heavy (non-hydrogen) atoms. The number of pyridine rings is 1. The maximum Gasteiger partial charge on any atom is 0.311 e. The van der Waals surface area contributed by atoms with E-state index in [9.17, 15) is 14.9 Å². The van der Waals surface area contributed by atoms with Gasteiger partial charge in [-0.15, -0.1) is 0 Å². The molecule has 5 rings (SSSR count). The van der Waals surface area contributed by atoms with E-state index in [1.807, 2.05) is 17.0 Å². The normalized spacial score (nSPS) is 17.1. The van der Waals surface area contributed by atoms with Crippen LogP contribution in [0.5, 0.6) is 0 Å². The van der Waals surface area contributed by atoms with Gasteiger partial charge in [-0.3, -0.25) is 14.9 Å². The Morgan fingerprint density at radius 3 is 2.65 bits per heavy atom. The molecule has 0 aliphatic carbocycles. The molecule has 2 fully saturated rings. The van der Waals surface area contributed by atoms with Gasteiger partial charge >= 0.3 is 5.69 Å². The second kappa shape index (κ2) is 9.77. The number of morpholine rings is 1. The molecule has 1 N–H and O–H groups in total. The third-order valence-electron chi connectivity index (χ3n) is 6.02. The summed E-state index contributed by atoms with van der Waals surface area (Å²) in [6.07, 6.45) is 4.31. The van der Waals surface area contributed by atoms with Gasteiger partial charge < -0.3 is 24.3 Å². The summed E-state index contributed by atoms with van der Waals surface area (Å²) in [7, 11) is 0. The van der Waals surface area contributed by atoms with E-state index < -0.39 is 4.92 Å². The lowest BCUT2D eigenvalue weighted by Gasteiger charge is -2.31. The molecule has 0 unspecified atom stereocenters. The minimum Gasteiger partial charge on any atom is -0.463 e. The zero-order valence-corrected chi connectivity index (χ0v) is 19.2. The zero-order valence-electron chi connectivity index (χ0n) is 18.4. The van der Waals surface area contributed by atoms with Crippen LogP contribution in [0, 0.1) is 16.0 Å². The van der Waals surface area contributed by atoms with Crippen LogP contribution in [0.1, 0.15) is 12.8 Å². The van der Waals surface area contributed by atoms with Crippen molar-refractivity contribution in [3.05, 3.63) is 46.8 Å². The van der Waals surface area contributed by atoms with Crippen molar-refractivity contribution in [2.75, 3.05) is 54.5 Å². The molecule has 5 heterocycles. The molecule has 0 saturated carbocycles. The number of nitrogens with zero attached hydrogens (tertiary/aromatic N) is 5. The second-order valence-corrected chi connectivity index (χ2v) is 9.08. The maximum atomic E-state index is 13.0. The fourth-order valence-electron chi connectivity index (χ4n) is 4.26. The van der Waals surface area contributed by atoms with Crippen molar-refractivity contribution in [2.24, 2.45) is 5.92 Å². The summed E-state index contributed by atoms with van der Waals surface area (Å²) >= 11 is 1.43. The number of piperidine rings is 1. The standard InChI is InChI=1S/C22H24N6O5S/c29-20(15-5-8-26(9-6-15)19-16(28(30)31)3-1-7-23-19)25-22-24-18(17-4-2-12-33-17)21(34-22)27-10-13-32-14-11-27/h1-4,7,12,15H,5-6,8-11,13-14H2,(H,24,25,29). The van der Waals surface area contributed by atoms with Crippen molar-refractivity contribution in [1.82, 2.24) is 9.97 Å². The van der Waals surface area contributed by atoms with E-state index in [1.165, 1.54) is 17.4 Å². The van der Waals surface area contributed by atoms with Crippen molar-refractivity contribution in [1.29, 1.82) is 0 Å². The number of amides is 1. The van der Waals surface area contributed by atoms with E-state index in [0.29, 0.717) is 61.5 Å². The Bertz CT molecular complexity index is 1150. The molecule has 3 aromatic heterocycles. The Morgan fingerprint density at radius 2 is 1.94 bits per heavy atom. The Kier molecular flexibility index (Phi) is 6.41. The van der Waals surface area contributed by atoms with Gasteiger partial charge in [0.25, 0.3) is 0 Å². The minimum atomic E-state index is -0.424. The average molecular weight is 485 g/mol. The average Bonchev–Trinajstić information content (AvgIpc) is 3.55. The van der Waals surface area contributed by atoms with Crippen LogP contribution in [-0.4, -0.2) is 60.2 Å². The Balaban J connectivity index is 1.27. The summed E-state index contributed by atoms with van der Waals surface area (Å²) < 4.78 is 11.0. The van der Waals surface area contributed by atoms with Gasteiger partial charge in [-0.25, -0.2) is 9.97 Å². The van der Waals surface area contributed by atoms with Crippen LogP contribution >= 0.6 is 11.3 Å². The molecule has 3 aromatic rings. The number of ether oxygens (including phenoxy) is 1. The van der Waals surface area contributed by atoms with Crippen molar-refractivity contribution < 1.29 is 18.9 Å². The molecule has 0 aromatic carbocycles. The van der Waals surface area contributed by atoms with Crippen LogP contribution in [0.25, 0.3) is 11.5 Å². The maximum absolute atomic E-state index is 13.0. The van der Waals surface area contributed by atoms with E-state index in [2.05, 4.69) is 20.2 Å². The lowest BCUT2D eigenvalue weighted by molar-refractivity contribution is -0.384. The van der Waals surface area contributed by atoms with Crippen molar-refractivity contribution >= 4 is 38.9 Å². The van der Waals surface area contributed by atoms with Crippen LogP contribution in [0.2, 0.25) is 0 Å². The molecular weight excluding hydrogens is 460 g/mol. The van der Waals surface area contributed by atoms with Gasteiger partial charge in [0, 0.05) is 44.4 Å². The number of rotatable bonds is 6. The number of anilines is 3. The number of nitrogens with one attached hydrogen (secondary N) is 1. The molecule has 2 saturated heterocycles. The molecule has 0 spiro atoms. The summed E-state index contributed by atoms with van der Waals surface area (Å²) in [4.78, 5) is 36.9. The monoisotopic (exact) mass is 484 g/mol. The number of hydrogen-bond donors (Lipinski definition) is 1. The van der Waals surface area contributed by atoms with Crippen molar-refractivity contribution in [3.63, 3.8) is 0 Å². The highest BCUT2D eigenvalue weighted by Crippen LogP contribution is 2.39. The molecule has 11 nitrogen and oxygen atoms in total. The fourth-order valence-corrected chi connectivity index (χ4v) is 5.28. The lowest BCUT2D eigenvalue weighted by Crippen LogP contribution is -2.38. The third kappa shape index (κ3) is 4.59. The van der Waals surface area contributed by atoms with E-state index in [1.54, 1.807) is 18.5 Å². The van der Waals surface area contributed by atoms with Crippen molar-refractivity contribution in [2.45, 2.75) is 12.8 Å². The zero-order chi connectivity index (χ0) is 23.5. The highest BCUT2D eigenvalue weighted by Gasteiger charge is 2.30. The van der Waals surface area contributed by atoms with Crippen LogP contribution in [-0.2, 0) is 9.53 Å². The van der Waals surface area contributed by atoms with Crippen LogP contribution in [0.3, 0.4) is 0 Å². The number of nitro groups is 1. The third-order valence-corrected chi connectivity index (χ3v) is 7.05. The summed E-state index contributed by atoms with van der Waals surface area (Å²) in [6.45, 7) is 3.83. The molecule has 0 bridgehead atoms. The SMILES string of the molecule is O=C(Nc1nc(-c2ccco2)c(N2CCOCC2)s1)C1CCN(c2ncccc2[N+](=O)[O-])CC1. The lowest BCUT2D eigenvalue weighted by atomic mass is 9.96. The fraction of sp³-hybridized carbons (Fsp3) is 0.409. The van der Waals surface area contributed by atoms with Gasteiger partial charge in [-0.05, 0) is 31.0 Å². The first-order chi connectivity index (χ1) is 16.6. The van der Waals surface area contributed by atoms with Gasteiger partial charge in [0.1, 0.15) is 10.7 Å². The second-order valence-electron chi connectivity index (χ2n) is 8.10. The van der Waals surface area contributed by atoms with E-state index >= 15 is 0 Å². The highest BCUT2D eigenvalue weighted by molar-refractivity contribution is 7.20. The van der Waals surface area contributed by atoms with Gasteiger partial charge in [0.05, 0.1) is 24.4 Å². The molecular formula is C22H24N6O5S. The Hall–Kier alpha value is -3.51. The minimum absolute atomic E-state index is 0.0192. The molecule has 2 aliphatic rings. The van der Waals surface area contributed by atoms with Crippen LogP contribution in [0.15, 0.2) is 41.1 Å². The predicted molar refractivity (Wildman–Crippen MR) is 127 cm³/mol. The van der Waals surface area contributed by atoms with E-state index in [-0.39, 0.29) is 17.5 Å². The first-order valence-electron chi connectivity index (χ1n) is 11.1. The molecule has 0 radical (unpaired) electrons. The summed E-state index contributed by atoms with van der Waals surface area (Å²) in [5.41, 5.74) is 0.693. The molecule has 178 valence electrons. The number of carbonyl (C=O) groups is 1. The van der Waals surface area contributed by atoms with Gasteiger partial charge in [0.2, 0.25) is 11.7 Å². The predicted octanol–water partition coefficient (Wildman–Crippen LogP) is 3.40. The van der Waals surface area contributed by atoms with E-state index in [4.69, 9.17) is 9.15 Å². The number of hydrogen-bond acceptors (Lipinski definition) is 10. The largest absolute Gasteiger partial charge is 0.463 e. The smallest absolute Gasteiger partial charge is 0.311 e. The van der Waals surface area contributed by atoms with E-state index in [0.717, 1.165) is 18.1 Å². The van der Waals surface area contributed by atoms with Crippen LogP contribution in [0.4, 0.5) is 21.6 Å². The first kappa shape index (κ1) is 22.3. The molecule has 1 amide bonds. The summed E-state index contributed by atoms with van der Waals surface area (Å²) in [5, 5.41) is 15.8. The molecule has 0 atom stereocenters. The molecule has 12 heteroatoms. The van der Waals surface area contributed by atoms with Gasteiger partial charge in [-0.2, -0.15) is 0 Å². The van der Waals surface area contributed by atoms with Crippen molar-refractivity contribution in [3.8, 4) is 11.5 Å². The summed E-state index contributed by atoms with van der Waals surface area (Å²) in [5.74, 6) is 0.707. The number of thiazole rings is 1. The van der Waals surface area contributed by atoms with Gasteiger partial charge in [0.15, 0.2) is 10.9 Å². The summed E-state index contributed by atoms with van der Waals surface area (Å²) in [6, 6.07) is 6.68. The topological polar surface area (TPSA) is 127 Å². The number of furan rings is 1. The number of carbonyl (C=O) groups excluding carboxylic acids is 1. The Labute approximate surface area is 199 Å². The quantitative estimate of drug-likeness (QED) is 0.414. The Morgan fingerprint density at radius 1 is 1.15 bits per heavy atom. The first-order valence-corrected chi connectivity index (χ1v) is 11.9. The molecule has 2 aliphatic heterocycles.